The number of hydrogen-bond donors (Lipinski definition) is 0. The molecule has 200 valence electrons. The highest BCUT2D eigenvalue weighted by molar-refractivity contribution is 5.77. The van der Waals surface area contributed by atoms with Gasteiger partial charge in [0.25, 0.3) is 0 Å². The minimum Gasteiger partial charge on any atom is -0.379 e. The topological polar surface area (TPSA) is 21.7 Å². The molecule has 2 aromatic rings. The van der Waals surface area contributed by atoms with Gasteiger partial charge in [0.1, 0.15) is 0 Å². The van der Waals surface area contributed by atoms with Gasteiger partial charge in [0, 0.05) is 13.2 Å². The molecule has 0 bridgehead atoms. The van der Waals surface area contributed by atoms with Gasteiger partial charge >= 0.3 is 0 Å². The Morgan fingerprint density at radius 3 is 2.08 bits per heavy atom. The van der Waals surface area contributed by atoms with Gasteiger partial charge in [0.05, 0.1) is 13.2 Å². The van der Waals surface area contributed by atoms with Crippen molar-refractivity contribution in [3.8, 4) is 0 Å². The Morgan fingerprint density at radius 1 is 0.833 bits per heavy atom. The van der Waals surface area contributed by atoms with E-state index in [-0.39, 0.29) is 0 Å². The first-order valence-electron chi connectivity index (χ1n) is 13.8. The van der Waals surface area contributed by atoms with E-state index >= 15 is 0 Å². The number of ether oxygens (including phenoxy) is 2. The molecule has 0 saturated heterocycles. The first kappa shape index (κ1) is 31.8. The first-order valence-corrected chi connectivity index (χ1v) is 13.8. The number of nitrogens with zero attached hydrogens (tertiary/aromatic N) is 1. The van der Waals surface area contributed by atoms with Crippen molar-refractivity contribution in [2.75, 3.05) is 46.6 Å². The van der Waals surface area contributed by atoms with Gasteiger partial charge in [-0.3, -0.25) is 0 Å². The van der Waals surface area contributed by atoms with Crippen LogP contribution in [0.4, 0.5) is 0 Å². The summed E-state index contributed by atoms with van der Waals surface area (Å²) >= 11 is 0. The van der Waals surface area contributed by atoms with E-state index in [0.717, 1.165) is 43.6 Å². The molecule has 0 aliphatic rings. The molecule has 0 unspecified atom stereocenters. The van der Waals surface area contributed by atoms with E-state index in [4.69, 9.17) is 9.47 Å². The summed E-state index contributed by atoms with van der Waals surface area (Å²) in [4.78, 5) is 2.36. The fourth-order valence-corrected chi connectivity index (χ4v) is 3.80. The molecule has 36 heavy (non-hydrogen) atoms. The third-order valence-corrected chi connectivity index (χ3v) is 5.92. The number of benzene rings is 2. The normalized spacial score (nSPS) is 11.1. The molecule has 0 heterocycles. The second kappa shape index (κ2) is 19.9. The number of aryl methyl sites for hydroxylation is 3. The van der Waals surface area contributed by atoms with Gasteiger partial charge in [-0.2, -0.15) is 0 Å². The van der Waals surface area contributed by atoms with E-state index in [2.05, 4.69) is 108 Å². The fourth-order valence-electron chi connectivity index (χ4n) is 3.80. The molecule has 0 spiro atoms. The number of hydrogen-bond acceptors (Lipinski definition) is 3. The Hall–Kier alpha value is -2.20. The van der Waals surface area contributed by atoms with Crippen LogP contribution in [0.15, 0.2) is 55.1 Å². The second-order valence-electron chi connectivity index (χ2n) is 9.55. The van der Waals surface area contributed by atoms with Crippen molar-refractivity contribution in [1.82, 2.24) is 4.90 Å². The molecule has 2 aromatic carbocycles. The monoisotopic (exact) mass is 493 g/mol. The average Bonchev–Trinajstić information content (AvgIpc) is 2.86. The fraction of sp³-hybridized carbons (Fsp3) is 0.515. The highest BCUT2D eigenvalue weighted by Crippen LogP contribution is 2.19. The maximum absolute atomic E-state index is 5.64. The van der Waals surface area contributed by atoms with Crippen LogP contribution in [0.1, 0.15) is 74.3 Å². The van der Waals surface area contributed by atoms with Crippen LogP contribution in [0, 0.1) is 13.8 Å². The van der Waals surface area contributed by atoms with Crippen molar-refractivity contribution in [3.63, 3.8) is 0 Å². The van der Waals surface area contributed by atoms with Crippen molar-refractivity contribution >= 4 is 11.6 Å². The zero-order valence-electron chi connectivity index (χ0n) is 23.9. The maximum atomic E-state index is 5.64. The second-order valence-corrected chi connectivity index (χ2v) is 9.55. The van der Waals surface area contributed by atoms with E-state index in [0.29, 0.717) is 13.2 Å². The summed E-state index contributed by atoms with van der Waals surface area (Å²) in [5.74, 6) is 0. The van der Waals surface area contributed by atoms with Gasteiger partial charge < -0.3 is 14.4 Å². The summed E-state index contributed by atoms with van der Waals surface area (Å²) in [5, 5.41) is 0. The van der Waals surface area contributed by atoms with Crippen molar-refractivity contribution in [3.05, 3.63) is 82.9 Å². The third-order valence-electron chi connectivity index (χ3n) is 5.92. The zero-order valence-corrected chi connectivity index (χ0v) is 23.9. The van der Waals surface area contributed by atoms with Crippen LogP contribution in [-0.2, 0) is 15.9 Å². The largest absolute Gasteiger partial charge is 0.379 e. The SMILES string of the molecule is C=C(/C=C\c1cc(CCCOCCOCCC)ccc1C)c1ccc(C)cc1.CCCN(C)CCC. The lowest BCUT2D eigenvalue weighted by atomic mass is 10.00. The summed E-state index contributed by atoms with van der Waals surface area (Å²) in [5.41, 5.74) is 7.33. The van der Waals surface area contributed by atoms with Crippen LogP contribution in [0.3, 0.4) is 0 Å². The van der Waals surface area contributed by atoms with Crippen molar-refractivity contribution < 1.29 is 9.47 Å². The molecule has 0 saturated carbocycles. The van der Waals surface area contributed by atoms with Gasteiger partial charge in [0.2, 0.25) is 0 Å². The summed E-state index contributed by atoms with van der Waals surface area (Å²) in [6, 6.07) is 15.2. The quantitative estimate of drug-likeness (QED) is 0.174. The van der Waals surface area contributed by atoms with Crippen molar-refractivity contribution in [2.24, 2.45) is 0 Å². The van der Waals surface area contributed by atoms with Crippen LogP contribution in [-0.4, -0.2) is 51.5 Å². The Labute approximate surface area is 222 Å². The highest BCUT2D eigenvalue weighted by atomic mass is 16.5. The van der Waals surface area contributed by atoms with Gasteiger partial charge in [0.15, 0.2) is 0 Å². The van der Waals surface area contributed by atoms with Crippen LogP contribution < -0.4 is 0 Å². The molecular formula is C33H51NO2. The molecule has 0 aliphatic heterocycles. The van der Waals surface area contributed by atoms with E-state index in [1.807, 2.05) is 0 Å². The Morgan fingerprint density at radius 2 is 1.47 bits per heavy atom. The van der Waals surface area contributed by atoms with Crippen LogP contribution in [0.5, 0.6) is 0 Å². The van der Waals surface area contributed by atoms with Crippen molar-refractivity contribution in [2.45, 2.75) is 66.7 Å². The lowest BCUT2D eigenvalue weighted by molar-refractivity contribution is 0.0472. The average molecular weight is 494 g/mol. The molecule has 0 N–H and O–H groups in total. The molecule has 0 atom stereocenters. The molecule has 0 fully saturated rings. The number of rotatable bonds is 16. The predicted octanol–water partition coefficient (Wildman–Crippen LogP) is 8.14. The highest BCUT2D eigenvalue weighted by Gasteiger charge is 2.00. The van der Waals surface area contributed by atoms with E-state index in [9.17, 15) is 0 Å². The first-order chi connectivity index (χ1) is 17.4. The molecular weight excluding hydrogens is 442 g/mol. The lowest BCUT2D eigenvalue weighted by Crippen LogP contribution is -2.19. The van der Waals surface area contributed by atoms with E-state index in [1.165, 1.54) is 48.2 Å². The molecule has 3 heteroatoms. The molecule has 2 rings (SSSR count). The summed E-state index contributed by atoms with van der Waals surface area (Å²) in [7, 11) is 2.17. The standard InChI is InChI=1S/C26H34O2.C7H17N/c1-5-16-27-18-19-28-17-6-7-24-12-10-23(4)26(20-24)15-11-22(3)25-13-8-21(2)9-14-25;1-4-6-8(3)7-5-2/h8-15,20H,3,5-7,16-19H2,1-2,4H3;4-7H2,1-3H3/b15-11-;. The Balaban J connectivity index is 0.000000697. The van der Waals surface area contributed by atoms with E-state index < -0.39 is 0 Å². The third kappa shape index (κ3) is 14.4. The van der Waals surface area contributed by atoms with Crippen LogP contribution in [0.25, 0.3) is 11.6 Å². The van der Waals surface area contributed by atoms with Gasteiger partial charge in [-0.1, -0.05) is 87.5 Å². The van der Waals surface area contributed by atoms with Crippen LogP contribution in [0.2, 0.25) is 0 Å². The van der Waals surface area contributed by atoms with Gasteiger partial charge in [-0.05, 0) is 93.9 Å². The van der Waals surface area contributed by atoms with Gasteiger partial charge in [-0.25, -0.2) is 0 Å². The smallest absolute Gasteiger partial charge is 0.0700 e. The maximum Gasteiger partial charge on any atom is 0.0700 e. The predicted molar refractivity (Wildman–Crippen MR) is 159 cm³/mol. The minimum absolute atomic E-state index is 0.684. The van der Waals surface area contributed by atoms with Crippen LogP contribution >= 0.6 is 0 Å². The molecule has 0 radical (unpaired) electrons. The summed E-state index contributed by atoms with van der Waals surface area (Å²) in [6.07, 6.45) is 9.93. The lowest BCUT2D eigenvalue weighted by Gasteiger charge is -2.12. The van der Waals surface area contributed by atoms with E-state index in [1.54, 1.807) is 0 Å². The number of allylic oxidation sites excluding steroid dienone is 2. The summed E-state index contributed by atoms with van der Waals surface area (Å²) < 4.78 is 11.1. The molecule has 3 nitrogen and oxygen atoms in total. The molecule has 0 aliphatic carbocycles. The molecule has 0 aromatic heterocycles. The van der Waals surface area contributed by atoms with Gasteiger partial charge in [-0.15, -0.1) is 0 Å². The summed E-state index contributed by atoms with van der Waals surface area (Å²) in [6.45, 7) is 20.5. The minimum atomic E-state index is 0.684. The molecule has 0 amide bonds. The zero-order chi connectivity index (χ0) is 26.6. The van der Waals surface area contributed by atoms with Crippen molar-refractivity contribution in [1.29, 1.82) is 0 Å². The Bertz CT molecular complexity index is 864. The Kier molecular flexibility index (Phi) is 17.6.